The van der Waals surface area contributed by atoms with Gasteiger partial charge in [0, 0.05) is 12.1 Å². The van der Waals surface area contributed by atoms with Crippen molar-refractivity contribution >= 4 is 17.9 Å². The molecule has 0 amide bonds. The number of rotatable bonds is 2. The van der Waals surface area contributed by atoms with Crippen LogP contribution in [0.3, 0.4) is 0 Å². The first kappa shape index (κ1) is 13.4. The van der Waals surface area contributed by atoms with Gasteiger partial charge in [-0.05, 0) is 24.6 Å². The molecule has 4 nitrogen and oxygen atoms in total. The van der Waals surface area contributed by atoms with E-state index in [1.54, 1.807) is 12.1 Å². The molecule has 0 N–H and O–H groups in total. The highest BCUT2D eigenvalue weighted by Gasteiger charge is 2.22. The van der Waals surface area contributed by atoms with Crippen molar-refractivity contribution in [2.45, 2.75) is 6.92 Å². The van der Waals surface area contributed by atoms with Gasteiger partial charge in [-0.1, -0.05) is 18.2 Å². The van der Waals surface area contributed by atoms with E-state index in [0.29, 0.717) is 12.3 Å². The van der Waals surface area contributed by atoms with Gasteiger partial charge >= 0.3 is 5.97 Å². The number of benzene rings is 2. The number of carbonyl (C=O) groups excluding carboxylic acids is 1. The maximum atomic E-state index is 11.7. The van der Waals surface area contributed by atoms with Gasteiger partial charge < -0.3 is 9.47 Å². The lowest BCUT2D eigenvalue weighted by Gasteiger charge is -2.16. The molecule has 0 aliphatic carbocycles. The molecule has 0 radical (unpaired) electrons. The van der Waals surface area contributed by atoms with E-state index in [-0.39, 0.29) is 5.97 Å². The van der Waals surface area contributed by atoms with Crippen LogP contribution in [0.1, 0.15) is 21.5 Å². The highest BCUT2D eigenvalue weighted by Crippen LogP contribution is 2.28. The summed E-state index contributed by atoms with van der Waals surface area (Å²) in [5, 5.41) is 0. The minimum Gasteiger partial charge on any atom is -0.465 e. The molecule has 21 heavy (non-hydrogen) atoms. The summed E-state index contributed by atoms with van der Waals surface area (Å²) >= 11 is 0. The third kappa shape index (κ3) is 2.52. The van der Waals surface area contributed by atoms with Gasteiger partial charge in [0.15, 0.2) is 6.21 Å². The number of methoxy groups -OCH3 is 1. The summed E-state index contributed by atoms with van der Waals surface area (Å²) in [6.45, 7) is 2.38. The Kier molecular flexibility index (Phi) is 3.44. The van der Waals surface area contributed by atoms with E-state index in [1.165, 1.54) is 7.11 Å². The Bertz CT molecular complexity index is 720. The lowest BCUT2D eigenvalue weighted by molar-refractivity contribution is -0.476. The van der Waals surface area contributed by atoms with Crippen LogP contribution in [0.25, 0.3) is 0 Å². The fraction of sp³-hybridized carbons (Fsp3) is 0.176. The van der Waals surface area contributed by atoms with Crippen LogP contribution in [-0.4, -0.2) is 30.6 Å². The number of para-hydroxylation sites is 1. The first-order valence-electron chi connectivity index (χ1n) is 6.71. The van der Waals surface area contributed by atoms with E-state index in [9.17, 15) is 4.79 Å². The predicted molar refractivity (Wildman–Crippen MR) is 79.5 cm³/mol. The molecule has 1 aliphatic rings. The highest BCUT2D eigenvalue weighted by atomic mass is 16.5. The molecule has 0 fully saturated rings. The van der Waals surface area contributed by atoms with E-state index in [4.69, 9.17) is 9.47 Å². The average Bonchev–Trinajstić information content (AvgIpc) is 2.54. The second-order valence-corrected chi connectivity index (χ2v) is 4.91. The summed E-state index contributed by atoms with van der Waals surface area (Å²) in [6.07, 6.45) is 1.99. The largest absolute Gasteiger partial charge is 0.465 e. The Morgan fingerprint density at radius 1 is 1.24 bits per heavy atom. The van der Waals surface area contributed by atoms with Crippen molar-refractivity contribution in [2.75, 3.05) is 13.8 Å². The van der Waals surface area contributed by atoms with Crippen molar-refractivity contribution in [2.24, 2.45) is 0 Å². The Morgan fingerprint density at radius 3 is 2.71 bits per heavy atom. The lowest BCUT2D eigenvalue weighted by Crippen LogP contribution is -2.21. The zero-order chi connectivity index (χ0) is 14.8. The van der Waals surface area contributed by atoms with Crippen molar-refractivity contribution in [1.29, 1.82) is 0 Å². The zero-order valence-electron chi connectivity index (χ0n) is 12.0. The molecule has 4 heteroatoms. The van der Waals surface area contributed by atoms with Crippen LogP contribution < -0.4 is 4.74 Å². The van der Waals surface area contributed by atoms with Gasteiger partial charge in [-0.3, -0.25) is 0 Å². The van der Waals surface area contributed by atoms with Crippen LogP contribution in [0.5, 0.6) is 5.75 Å². The molecule has 0 aromatic heterocycles. The van der Waals surface area contributed by atoms with Crippen molar-refractivity contribution in [3.8, 4) is 5.75 Å². The normalized spacial score (nSPS) is 13.0. The summed E-state index contributed by atoms with van der Waals surface area (Å²) < 4.78 is 12.6. The molecule has 0 saturated heterocycles. The van der Waals surface area contributed by atoms with Gasteiger partial charge in [-0.25, -0.2) is 4.79 Å². The van der Waals surface area contributed by atoms with E-state index < -0.39 is 0 Å². The lowest BCUT2D eigenvalue weighted by atomic mass is 10.0. The second kappa shape index (κ2) is 5.40. The first-order chi connectivity index (χ1) is 10.2. The molecular weight excluding hydrogens is 266 g/mol. The molecule has 3 rings (SSSR count). The molecule has 106 valence electrons. The Balaban J connectivity index is 2.07. The smallest absolute Gasteiger partial charge is 0.337 e. The Hall–Kier alpha value is -2.62. The van der Waals surface area contributed by atoms with Gasteiger partial charge in [-0.15, -0.1) is 0 Å². The zero-order valence-corrected chi connectivity index (χ0v) is 12.0. The van der Waals surface area contributed by atoms with Crippen LogP contribution in [0.4, 0.5) is 5.69 Å². The number of aryl methyl sites for hydroxylation is 1. The van der Waals surface area contributed by atoms with Crippen LogP contribution in [0, 0.1) is 6.92 Å². The molecule has 2 aromatic carbocycles. The van der Waals surface area contributed by atoms with Gasteiger partial charge in [0.2, 0.25) is 5.69 Å². The standard InChI is InChI=1S/C17H16NO3/c1-12-8-13(17(19)20-2)9-14-10-18(11-21-16(12)14)15-6-4-3-5-7-15/h3-10H,11H2,1-2H3/q+1. The second-order valence-electron chi connectivity index (χ2n) is 4.91. The third-order valence-corrected chi connectivity index (χ3v) is 3.46. The minimum atomic E-state index is -0.342. The number of ether oxygens (including phenoxy) is 2. The minimum absolute atomic E-state index is 0.342. The molecule has 0 bridgehead atoms. The topological polar surface area (TPSA) is 38.5 Å². The number of esters is 1. The number of carbonyl (C=O) groups is 1. The number of fused-ring (bicyclic) bond motifs is 1. The van der Waals surface area contributed by atoms with Crippen molar-refractivity contribution in [3.05, 3.63) is 59.2 Å². The molecule has 0 spiro atoms. The maximum Gasteiger partial charge on any atom is 0.337 e. The van der Waals surface area contributed by atoms with Gasteiger partial charge in [0.1, 0.15) is 5.75 Å². The number of hydrogen-bond acceptors (Lipinski definition) is 3. The maximum absolute atomic E-state index is 11.7. The van der Waals surface area contributed by atoms with Gasteiger partial charge in [0.05, 0.1) is 18.2 Å². The van der Waals surface area contributed by atoms with Crippen LogP contribution >= 0.6 is 0 Å². The van der Waals surface area contributed by atoms with E-state index >= 15 is 0 Å². The predicted octanol–water partition coefficient (Wildman–Crippen LogP) is 2.89. The van der Waals surface area contributed by atoms with Gasteiger partial charge in [-0.2, -0.15) is 4.58 Å². The fourth-order valence-corrected chi connectivity index (χ4v) is 2.44. The molecule has 0 unspecified atom stereocenters. The van der Waals surface area contributed by atoms with E-state index in [1.807, 2.05) is 48.0 Å². The molecule has 2 aromatic rings. The fourth-order valence-electron chi connectivity index (χ4n) is 2.44. The summed E-state index contributed by atoms with van der Waals surface area (Å²) in [5.41, 5.74) is 3.38. The number of hydrogen-bond donors (Lipinski definition) is 0. The quantitative estimate of drug-likeness (QED) is 0.628. The Labute approximate surface area is 123 Å². The van der Waals surface area contributed by atoms with Crippen LogP contribution in [0.15, 0.2) is 42.5 Å². The van der Waals surface area contributed by atoms with E-state index in [0.717, 1.165) is 22.6 Å². The van der Waals surface area contributed by atoms with Crippen molar-refractivity contribution in [1.82, 2.24) is 0 Å². The summed E-state index contributed by atoms with van der Waals surface area (Å²) in [4.78, 5) is 11.7. The van der Waals surface area contributed by atoms with Crippen LogP contribution in [0.2, 0.25) is 0 Å². The monoisotopic (exact) mass is 282 g/mol. The molecular formula is C17H16NO3+. The van der Waals surface area contributed by atoms with Crippen molar-refractivity contribution < 1.29 is 18.8 Å². The SMILES string of the molecule is COC(=O)c1cc(C)c2c(c1)C=[N+](c1ccccc1)CO2. The molecule has 0 saturated carbocycles. The van der Waals surface area contributed by atoms with Gasteiger partial charge in [0.25, 0.3) is 6.73 Å². The molecule has 0 atom stereocenters. The Morgan fingerprint density at radius 2 is 2.00 bits per heavy atom. The summed E-state index contributed by atoms with van der Waals surface area (Å²) in [6, 6.07) is 13.6. The number of nitrogens with zero attached hydrogens (tertiary/aromatic N) is 1. The first-order valence-corrected chi connectivity index (χ1v) is 6.71. The molecule has 1 heterocycles. The average molecular weight is 282 g/mol. The van der Waals surface area contributed by atoms with Crippen LogP contribution in [-0.2, 0) is 4.74 Å². The highest BCUT2D eigenvalue weighted by molar-refractivity contribution is 5.93. The molecule has 1 aliphatic heterocycles. The van der Waals surface area contributed by atoms with Crippen molar-refractivity contribution in [3.63, 3.8) is 0 Å². The summed E-state index contributed by atoms with van der Waals surface area (Å²) in [7, 11) is 1.38. The summed E-state index contributed by atoms with van der Waals surface area (Å²) in [5.74, 6) is 0.473. The third-order valence-electron chi connectivity index (χ3n) is 3.46. The van der Waals surface area contributed by atoms with E-state index in [2.05, 4.69) is 0 Å².